The van der Waals surface area contributed by atoms with Crippen LogP contribution in [0.1, 0.15) is 52.5 Å². The standard InChI is InChI=1S/C23H34FN3O2/c1-6-7-13-23(25-17(2)28,21(29)26-22(3,4)5)19-12-14-27(16-19)15-18-8-10-20(24)11-9-18/h6,8-11,19H,1,7,12-16H2,2-5H3,(H,25,28)(H,26,29)/t19-,23?/m1/s1. The van der Waals surface area contributed by atoms with E-state index in [0.29, 0.717) is 25.9 Å². The van der Waals surface area contributed by atoms with E-state index in [1.165, 1.54) is 19.1 Å². The van der Waals surface area contributed by atoms with E-state index in [1.807, 2.05) is 20.8 Å². The number of likely N-dealkylation sites (tertiary alicyclic amines) is 1. The maximum atomic E-state index is 13.4. The molecule has 0 bridgehead atoms. The van der Waals surface area contributed by atoms with Gasteiger partial charge in [-0.1, -0.05) is 18.2 Å². The molecule has 2 N–H and O–H groups in total. The first-order valence-corrected chi connectivity index (χ1v) is 10.2. The van der Waals surface area contributed by atoms with Crippen molar-refractivity contribution in [2.24, 2.45) is 5.92 Å². The molecule has 5 nitrogen and oxygen atoms in total. The summed E-state index contributed by atoms with van der Waals surface area (Å²) in [6, 6.07) is 6.50. The van der Waals surface area contributed by atoms with Gasteiger partial charge in [0.2, 0.25) is 11.8 Å². The number of hydrogen-bond acceptors (Lipinski definition) is 3. The van der Waals surface area contributed by atoms with Crippen molar-refractivity contribution in [1.29, 1.82) is 0 Å². The lowest BCUT2D eigenvalue weighted by Crippen LogP contribution is -2.65. The number of hydrogen-bond donors (Lipinski definition) is 2. The first-order valence-electron chi connectivity index (χ1n) is 10.2. The van der Waals surface area contributed by atoms with Crippen LogP contribution in [-0.4, -0.2) is 40.9 Å². The Bertz CT molecular complexity index is 727. The molecular weight excluding hydrogens is 369 g/mol. The van der Waals surface area contributed by atoms with Crippen molar-refractivity contribution in [3.05, 3.63) is 48.3 Å². The summed E-state index contributed by atoms with van der Waals surface area (Å²) in [5.41, 5.74) is -0.353. The number of allylic oxidation sites excluding steroid dienone is 1. The first-order chi connectivity index (χ1) is 13.6. The molecule has 0 saturated carbocycles. The predicted molar refractivity (Wildman–Crippen MR) is 114 cm³/mol. The van der Waals surface area contributed by atoms with Gasteiger partial charge in [0.15, 0.2) is 0 Å². The van der Waals surface area contributed by atoms with Crippen LogP contribution in [0.15, 0.2) is 36.9 Å². The second-order valence-electron chi connectivity index (χ2n) is 9.03. The molecule has 0 aliphatic carbocycles. The zero-order chi connectivity index (χ0) is 21.7. The highest BCUT2D eigenvalue weighted by Gasteiger charge is 2.48. The lowest BCUT2D eigenvalue weighted by molar-refractivity contribution is -0.136. The first kappa shape index (κ1) is 23.1. The molecule has 1 aliphatic heterocycles. The Morgan fingerprint density at radius 3 is 2.45 bits per heavy atom. The van der Waals surface area contributed by atoms with Crippen molar-refractivity contribution in [3.8, 4) is 0 Å². The molecule has 1 aromatic rings. The summed E-state index contributed by atoms with van der Waals surface area (Å²) in [5, 5.41) is 6.08. The highest BCUT2D eigenvalue weighted by Crippen LogP contribution is 2.33. The molecule has 6 heteroatoms. The molecule has 1 aliphatic rings. The summed E-state index contributed by atoms with van der Waals surface area (Å²) >= 11 is 0. The zero-order valence-electron chi connectivity index (χ0n) is 18.1. The van der Waals surface area contributed by atoms with E-state index >= 15 is 0 Å². The third-order valence-electron chi connectivity index (χ3n) is 5.32. The van der Waals surface area contributed by atoms with Gasteiger partial charge in [0, 0.05) is 31.5 Å². The third-order valence-corrected chi connectivity index (χ3v) is 5.32. The topological polar surface area (TPSA) is 61.4 Å². The van der Waals surface area contributed by atoms with Gasteiger partial charge in [0.25, 0.3) is 0 Å². The lowest BCUT2D eigenvalue weighted by Gasteiger charge is -2.40. The maximum absolute atomic E-state index is 13.4. The molecule has 1 heterocycles. The Kier molecular flexibility index (Phi) is 7.58. The molecule has 0 aromatic heterocycles. The van der Waals surface area contributed by atoms with Crippen LogP contribution in [0, 0.1) is 11.7 Å². The molecular formula is C23H34FN3O2. The monoisotopic (exact) mass is 403 g/mol. The normalized spacial score (nSPS) is 19.4. The van der Waals surface area contributed by atoms with Crippen LogP contribution < -0.4 is 10.6 Å². The van der Waals surface area contributed by atoms with E-state index in [0.717, 1.165) is 18.5 Å². The van der Waals surface area contributed by atoms with Crippen molar-refractivity contribution in [3.63, 3.8) is 0 Å². The van der Waals surface area contributed by atoms with Gasteiger partial charge < -0.3 is 10.6 Å². The van der Waals surface area contributed by atoms with Gasteiger partial charge in [-0.25, -0.2) is 4.39 Å². The van der Waals surface area contributed by atoms with Crippen LogP contribution in [0.2, 0.25) is 0 Å². The van der Waals surface area contributed by atoms with E-state index in [4.69, 9.17) is 0 Å². The zero-order valence-corrected chi connectivity index (χ0v) is 18.1. The molecule has 0 spiro atoms. The van der Waals surface area contributed by atoms with Crippen LogP contribution in [-0.2, 0) is 16.1 Å². The second-order valence-corrected chi connectivity index (χ2v) is 9.03. The Hall–Kier alpha value is -2.21. The number of benzene rings is 1. The van der Waals surface area contributed by atoms with Crippen molar-refractivity contribution >= 4 is 11.8 Å². The summed E-state index contributed by atoms with van der Waals surface area (Å²) in [6.07, 6.45) is 3.72. The predicted octanol–water partition coefficient (Wildman–Crippen LogP) is 3.40. The van der Waals surface area contributed by atoms with E-state index in [-0.39, 0.29) is 23.5 Å². The SMILES string of the molecule is C=CCCC(NC(C)=O)(C(=O)NC(C)(C)C)[C@@H]1CCN(Cc2ccc(F)cc2)C1. The highest BCUT2D eigenvalue weighted by atomic mass is 19.1. The number of nitrogens with zero attached hydrogens (tertiary/aromatic N) is 1. The van der Waals surface area contributed by atoms with Gasteiger partial charge in [-0.2, -0.15) is 0 Å². The minimum absolute atomic E-state index is 0.0193. The largest absolute Gasteiger partial charge is 0.349 e. The molecule has 2 rings (SSSR count). The number of rotatable bonds is 8. The van der Waals surface area contributed by atoms with Crippen molar-refractivity contribution in [1.82, 2.24) is 15.5 Å². The van der Waals surface area contributed by atoms with Gasteiger partial charge in [-0.3, -0.25) is 14.5 Å². The quantitative estimate of drug-likeness (QED) is 0.654. The smallest absolute Gasteiger partial charge is 0.246 e. The Morgan fingerprint density at radius 1 is 1.24 bits per heavy atom. The van der Waals surface area contributed by atoms with Crippen molar-refractivity contribution in [2.45, 2.75) is 64.6 Å². The minimum atomic E-state index is -0.981. The Labute approximate surface area is 173 Å². The van der Waals surface area contributed by atoms with Crippen LogP contribution in [0.5, 0.6) is 0 Å². The Balaban J connectivity index is 2.24. The molecule has 2 amide bonds. The Morgan fingerprint density at radius 2 is 1.90 bits per heavy atom. The third kappa shape index (κ3) is 6.39. The van der Waals surface area contributed by atoms with E-state index < -0.39 is 11.1 Å². The summed E-state index contributed by atoms with van der Waals surface area (Å²) in [4.78, 5) is 27.7. The summed E-state index contributed by atoms with van der Waals surface area (Å²) in [7, 11) is 0. The molecule has 2 atom stereocenters. The van der Waals surface area contributed by atoms with E-state index in [1.54, 1.807) is 18.2 Å². The van der Waals surface area contributed by atoms with Crippen LogP contribution in [0.4, 0.5) is 4.39 Å². The van der Waals surface area contributed by atoms with Crippen molar-refractivity contribution < 1.29 is 14.0 Å². The molecule has 29 heavy (non-hydrogen) atoms. The number of amides is 2. The summed E-state index contributed by atoms with van der Waals surface area (Å²) in [6.45, 7) is 13.3. The van der Waals surface area contributed by atoms with Gasteiger partial charge in [0.1, 0.15) is 11.4 Å². The molecule has 1 aromatic carbocycles. The molecule has 0 radical (unpaired) electrons. The van der Waals surface area contributed by atoms with E-state index in [9.17, 15) is 14.0 Å². The fraction of sp³-hybridized carbons (Fsp3) is 0.565. The highest BCUT2D eigenvalue weighted by molar-refractivity contribution is 5.91. The van der Waals surface area contributed by atoms with Gasteiger partial charge in [0.05, 0.1) is 0 Å². The number of halogens is 1. The summed E-state index contributed by atoms with van der Waals surface area (Å²) in [5.74, 6) is -0.624. The fourth-order valence-electron chi connectivity index (χ4n) is 4.05. The van der Waals surface area contributed by atoms with E-state index in [2.05, 4.69) is 22.1 Å². The average Bonchev–Trinajstić information content (AvgIpc) is 3.07. The van der Waals surface area contributed by atoms with Gasteiger partial charge in [-0.15, -0.1) is 6.58 Å². The van der Waals surface area contributed by atoms with Crippen molar-refractivity contribution in [2.75, 3.05) is 13.1 Å². The van der Waals surface area contributed by atoms with Gasteiger partial charge in [-0.05, 0) is 64.3 Å². The van der Waals surface area contributed by atoms with Crippen LogP contribution >= 0.6 is 0 Å². The number of carbonyl (C=O) groups excluding carboxylic acids is 2. The molecule has 1 unspecified atom stereocenters. The lowest BCUT2D eigenvalue weighted by atomic mass is 9.77. The molecule has 160 valence electrons. The second kappa shape index (κ2) is 9.53. The van der Waals surface area contributed by atoms with Crippen LogP contribution in [0.3, 0.4) is 0 Å². The molecule has 1 fully saturated rings. The fourth-order valence-corrected chi connectivity index (χ4v) is 4.05. The number of carbonyl (C=O) groups is 2. The van der Waals surface area contributed by atoms with Gasteiger partial charge >= 0.3 is 0 Å². The van der Waals surface area contributed by atoms with Crippen LogP contribution in [0.25, 0.3) is 0 Å². The minimum Gasteiger partial charge on any atom is -0.349 e. The average molecular weight is 404 g/mol. The number of nitrogens with one attached hydrogen (secondary N) is 2. The summed E-state index contributed by atoms with van der Waals surface area (Å²) < 4.78 is 13.2. The maximum Gasteiger partial charge on any atom is 0.246 e. The molecule has 1 saturated heterocycles.